The van der Waals surface area contributed by atoms with Gasteiger partial charge >= 0.3 is 11.9 Å². The standard InChI is InChI=1S/C10H19NO4/c1-11(2,3)8(10(14)15)6-4-5-7-9(12)13/h8H,4-7H2,1-3H3,(H-,12,13,14,15)/p+1. The Morgan fingerprint density at radius 2 is 1.67 bits per heavy atom. The fraction of sp³-hybridized carbons (Fsp3) is 0.800. The van der Waals surface area contributed by atoms with Gasteiger partial charge in [0, 0.05) is 12.8 Å². The monoisotopic (exact) mass is 218 g/mol. The van der Waals surface area contributed by atoms with Crippen LogP contribution in [-0.4, -0.2) is 53.8 Å². The molecule has 0 rings (SSSR count). The van der Waals surface area contributed by atoms with Crippen LogP contribution < -0.4 is 0 Å². The molecule has 0 amide bonds. The van der Waals surface area contributed by atoms with E-state index in [0.717, 1.165) is 0 Å². The summed E-state index contributed by atoms with van der Waals surface area (Å²) in [6.45, 7) is 0. The van der Waals surface area contributed by atoms with Crippen molar-refractivity contribution < 1.29 is 24.3 Å². The zero-order valence-electron chi connectivity index (χ0n) is 9.56. The lowest BCUT2D eigenvalue weighted by Crippen LogP contribution is -2.49. The highest BCUT2D eigenvalue weighted by atomic mass is 16.4. The van der Waals surface area contributed by atoms with Crippen molar-refractivity contribution in [2.24, 2.45) is 0 Å². The average Bonchev–Trinajstić information content (AvgIpc) is 1.99. The van der Waals surface area contributed by atoms with Crippen molar-refractivity contribution >= 4 is 11.9 Å². The molecule has 0 aromatic rings. The van der Waals surface area contributed by atoms with E-state index in [9.17, 15) is 9.59 Å². The number of unbranched alkanes of at least 4 members (excludes halogenated alkanes) is 1. The predicted octanol–water partition coefficient (Wildman–Crippen LogP) is 0.791. The zero-order valence-corrected chi connectivity index (χ0v) is 9.56. The Hall–Kier alpha value is -1.10. The average molecular weight is 218 g/mol. The summed E-state index contributed by atoms with van der Waals surface area (Å²) in [5.74, 6) is -1.65. The van der Waals surface area contributed by atoms with Crippen LogP contribution in [0.2, 0.25) is 0 Å². The van der Waals surface area contributed by atoms with E-state index in [4.69, 9.17) is 10.2 Å². The molecule has 88 valence electrons. The molecule has 1 atom stereocenters. The highest BCUT2D eigenvalue weighted by Crippen LogP contribution is 2.12. The van der Waals surface area contributed by atoms with Crippen LogP contribution in [0, 0.1) is 0 Å². The van der Waals surface area contributed by atoms with Gasteiger partial charge in [-0.25, -0.2) is 4.79 Å². The van der Waals surface area contributed by atoms with Crippen LogP contribution >= 0.6 is 0 Å². The number of likely N-dealkylation sites (N-methyl/N-ethyl adjacent to an activating group) is 1. The SMILES string of the molecule is C[N+](C)(C)C(CCCCC(=O)O)C(=O)O. The Balaban J connectivity index is 3.99. The Kier molecular flexibility index (Phi) is 5.28. The van der Waals surface area contributed by atoms with Gasteiger partial charge < -0.3 is 14.7 Å². The van der Waals surface area contributed by atoms with Crippen molar-refractivity contribution in [2.75, 3.05) is 21.1 Å². The molecule has 0 aliphatic rings. The summed E-state index contributed by atoms with van der Waals surface area (Å²) >= 11 is 0. The van der Waals surface area contributed by atoms with Crippen molar-refractivity contribution in [3.8, 4) is 0 Å². The fourth-order valence-corrected chi connectivity index (χ4v) is 1.46. The first-order valence-electron chi connectivity index (χ1n) is 5.01. The molecular formula is C10H20NO4+. The third kappa shape index (κ3) is 6.06. The fourth-order valence-electron chi connectivity index (χ4n) is 1.46. The molecule has 0 saturated carbocycles. The lowest BCUT2D eigenvalue weighted by Gasteiger charge is -2.31. The molecule has 5 heteroatoms. The molecular weight excluding hydrogens is 198 g/mol. The number of hydrogen-bond acceptors (Lipinski definition) is 2. The van der Waals surface area contributed by atoms with Crippen LogP contribution in [0.25, 0.3) is 0 Å². The molecule has 0 fully saturated rings. The lowest BCUT2D eigenvalue weighted by molar-refractivity contribution is -0.887. The summed E-state index contributed by atoms with van der Waals surface area (Å²) in [6, 6.07) is -0.459. The Morgan fingerprint density at radius 3 is 2.00 bits per heavy atom. The van der Waals surface area contributed by atoms with Crippen LogP contribution in [-0.2, 0) is 9.59 Å². The van der Waals surface area contributed by atoms with Gasteiger partial charge in [0.05, 0.1) is 21.1 Å². The van der Waals surface area contributed by atoms with Gasteiger partial charge in [-0.3, -0.25) is 4.79 Å². The molecule has 5 nitrogen and oxygen atoms in total. The maximum Gasteiger partial charge on any atom is 0.362 e. The maximum atomic E-state index is 10.9. The smallest absolute Gasteiger partial charge is 0.362 e. The summed E-state index contributed by atoms with van der Waals surface area (Å²) in [5.41, 5.74) is 0. The second kappa shape index (κ2) is 5.70. The van der Waals surface area contributed by atoms with Crippen LogP contribution in [0.15, 0.2) is 0 Å². The van der Waals surface area contributed by atoms with Gasteiger partial charge in [-0.15, -0.1) is 0 Å². The summed E-state index contributed by atoms with van der Waals surface area (Å²) in [5, 5.41) is 17.4. The number of hydrogen-bond donors (Lipinski definition) is 2. The molecule has 1 unspecified atom stereocenters. The molecule has 2 N–H and O–H groups in total. The second-order valence-electron chi connectivity index (χ2n) is 4.61. The molecule has 15 heavy (non-hydrogen) atoms. The predicted molar refractivity (Wildman–Crippen MR) is 55.6 cm³/mol. The van der Waals surface area contributed by atoms with E-state index in [-0.39, 0.29) is 6.42 Å². The summed E-state index contributed by atoms with van der Waals surface area (Å²) in [7, 11) is 5.49. The Bertz CT molecular complexity index is 232. The third-order valence-corrected chi connectivity index (χ3v) is 2.34. The first-order chi connectivity index (χ1) is 6.75. The lowest BCUT2D eigenvalue weighted by atomic mass is 10.1. The summed E-state index contributed by atoms with van der Waals surface area (Å²) in [6.07, 6.45) is 1.81. The Morgan fingerprint density at radius 1 is 1.13 bits per heavy atom. The largest absolute Gasteiger partial charge is 0.481 e. The van der Waals surface area contributed by atoms with E-state index in [2.05, 4.69) is 0 Å². The number of rotatable bonds is 7. The van der Waals surface area contributed by atoms with Gasteiger partial charge in [0.1, 0.15) is 0 Å². The minimum atomic E-state index is -0.827. The molecule has 0 aromatic carbocycles. The molecule has 0 saturated heterocycles. The van der Waals surface area contributed by atoms with Gasteiger partial charge in [-0.1, -0.05) is 0 Å². The normalized spacial score (nSPS) is 13.5. The van der Waals surface area contributed by atoms with Crippen LogP contribution in [0.1, 0.15) is 25.7 Å². The second-order valence-corrected chi connectivity index (χ2v) is 4.61. The third-order valence-electron chi connectivity index (χ3n) is 2.34. The van der Waals surface area contributed by atoms with E-state index in [1.165, 1.54) is 0 Å². The number of nitrogens with zero attached hydrogens (tertiary/aromatic N) is 1. The molecule has 0 aliphatic carbocycles. The minimum Gasteiger partial charge on any atom is -0.481 e. The van der Waals surface area contributed by atoms with E-state index < -0.39 is 18.0 Å². The van der Waals surface area contributed by atoms with Crippen molar-refractivity contribution in [2.45, 2.75) is 31.7 Å². The number of carboxylic acid groups (broad SMARTS) is 2. The maximum absolute atomic E-state index is 10.9. The first-order valence-corrected chi connectivity index (χ1v) is 5.01. The van der Waals surface area contributed by atoms with Crippen LogP contribution in [0.3, 0.4) is 0 Å². The van der Waals surface area contributed by atoms with Crippen molar-refractivity contribution in [1.29, 1.82) is 0 Å². The van der Waals surface area contributed by atoms with Crippen LogP contribution in [0.5, 0.6) is 0 Å². The van der Waals surface area contributed by atoms with Crippen molar-refractivity contribution in [3.63, 3.8) is 0 Å². The number of carboxylic acids is 2. The van der Waals surface area contributed by atoms with E-state index in [1.54, 1.807) is 0 Å². The minimum absolute atomic E-state index is 0.115. The zero-order chi connectivity index (χ0) is 12.1. The molecule has 0 aliphatic heterocycles. The van der Waals surface area contributed by atoms with Crippen LogP contribution in [0.4, 0.5) is 0 Å². The van der Waals surface area contributed by atoms with Gasteiger partial charge in [-0.2, -0.15) is 0 Å². The highest BCUT2D eigenvalue weighted by molar-refractivity contribution is 5.72. The first kappa shape index (κ1) is 13.9. The molecule has 0 bridgehead atoms. The van der Waals surface area contributed by atoms with Gasteiger partial charge in [0.2, 0.25) is 0 Å². The molecule has 0 aromatic heterocycles. The van der Waals surface area contributed by atoms with E-state index >= 15 is 0 Å². The quantitative estimate of drug-likeness (QED) is 0.489. The summed E-state index contributed by atoms with van der Waals surface area (Å²) in [4.78, 5) is 21.2. The highest BCUT2D eigenvalue weighted by Gasteiger charge is 2.30. The summed E-state index contributed by atoms with van der Waals surface area (Å²) < 4.78 is 0.363. The number of aliphatic carboxylic acids is 2. The number of quaternary nitrogens is 1. The van der Waals surface area contributed by atoms with Crippen molar-refractivity contribution in [3.05, 3.63) is 0 Å². The Labute approximate surface area is 89.9 Å². The molecule has 0 spiro atoms. The van der Waals surface area contributed by atoms with Gasteiger partial charge in [-0.05, 0) is 12.8 Å². The molecule has 0 heterocycles. The van der Waals surface area contributed by atoms with E-state index in [1.807, 2.05) is 21.1 Å². The van der Waals surface area contributed by atoms with Gasteiger partial charge in [0.25, 0.3) is 0 Å². The van der Waals surface area contributed by atoms with Crippen molar-refractivity contribution in [1.82, 2.24) is 0 Å². The number of carbonyl (C=O) groups is 2. The molecule has 0 radical (unpaired) electrons. The van der Waals surface area contributed by atoms with E-state index in [0.29, 0.717) is 23.7 Å². The topological polar surface area (TPSA) is 74.6 Å². The van der Waals surface area contributed by atoms with Gasteiger partial charge in [0.15, 0.2) is 6.04 Å².